The standard InChI is InChI=1S/C12H17ClN4O3/c1-14-12(18)8-6-20-4-3-17(8)11-5-9(13)15-10(16-11)7-19-2/h5,8H,3-4,6-7H2,1-2H3,(H,14,18). The van der Waals surface area contributed by atoms with Crippen molar-refractivity contribution in [3.05, 3.63) is 17.0 Å². The highest BCUT2D eigenvalue weighted by molar-refractivity contribution is 6.29. The number of amides is 1. The molecular formula is C12H17ClN4O3. The lowest BCUT2D eigenvalue weighted by atomic mass is 10.2. The normalized spacial score (nSPS) is 18.9. The first-order valence-corrected chi connectivity index (χ1v) is 6.62. The first kappa shape index (κ1) is 15.0. The fourth-order valence-corrected chi connectivity index (χ4v) is 2.25. The van der Waals surface area contributed by atoms with Crippen LogP contribution in [0.5, 0.6) is 0 Å². The third kappa shape index (κ3) is 3.36. The molecule has 1 aliphatic rings. The summed E-state index contributed by atoms with van der Waals surface area (Å²) in [5.41, 5.74) is 0. The third-order valence-electron chi connectivity index (χ3n) is 2.97. The molecule has 8 heteroatoms. The Balaban J connectivity index is 2.29. The number of carbonyl (C=O) groups excluding carboxylic acids is 1. The number of likely N-dealkylation sites (N-methyl/N-ethyl adjacent to an activating group) is 1. The molecule has 1 unspecified atom stereocenters. The average Bonchev–Trinajstić information content (AvgIpc) is 2.46. The summed E-state index contributed by atoms with van der Waals surface area (Å²) in [4.78, 5) is 22.2. The van der Waals surface area contributed by atoms with Crippen molar-refractivity contribution in [2.24, 2.45) is 0 Å². The van der Waals surface area contributed by atoms with Crippen LogP contribution in [-0.4, -0.2) is 55.8 Å². The van der Waals surface area contributed by atoms with Crippen LogP contribution >= 0.6 is 11.6 Å². The van der Waals surface area contributed by atoms with Crippen LogP contribution < -0.4 is 10.2 Å². The molecule has 0 aliphatic carbocycles. The number of aromatic nitrogens is 2. The van der Waals surface area contributed by atoms with Gasteiger partial charge in [0.2, 0.25) is 5.91 Å². The molecule has 2 rings (SSSR count). The monoisotopic (exact) mass is 300 g/mol. The van der Waals surface area contributed by atoms with Gasteiger partial charge in [0.05, 0.1) is 13.2 Å². The zero-order chi connectivity index (χ0) is 14.5. The van der Waals surface area contributed by atoms with E-state index < -0.39 is 6.04 Å². The highest BCUT2D eigenvalue weighted by atomic mass is 35.5. The number of nitrogens with one attached hydrogen (secondary N) is 1. The Kier molecular flexibility index (Phi) is 5.11. The molecular weight excluding hydrogens is 284 g/mol. The van der Waals surface area contributed by atoms with Crippen molar-refractivity contribution in [3.8, 4) is 0 Å². The molecule has 0 radical (unpaired) electrons. The van der Waals surface area contributed by atoms with Crippen molar-refractivity contribution >= 4 is 23.3 Å². The largest absolute Gasteiger partial charge is 0.377 e. The summed E-state index contributed by atoms with van der Waals surface area (Å²) in [5.74, 6) is 0.971. The predicted octanol–water partition coefficient (Wildman–Crippen LogP) is 0.228. The van der Waals surface area contributed by atoms with Gasteiger partial charge in [-0.3, -0.25) is 4.79 Å². The number of hydrogen-bond donors (Lipinski definition) is 1. The summed E-state index contributed by atoms with van der Waals surface area (Å²) < 4.78 is 10.4. The molecule has 1 aromatic rings. The minimum atomic E-state index is -0.421. The lowest BCUT2D eigenvalue weighted by Crippen LogP contribution is -2.53. The van der Waals surface area contributed by atoms with Gasteiger partial charge in [-0.1, -0.05) is 11.6 Å². The second kappa shape index (κ2) is 6.83. The van der Waals surface area contributed by atoms with Gasteiger partial charge in [0, 0.05) is 26.8 Å². The van der Waals surface area contributed by atoms with E-state index in [0.29, 0.717) is 36.6 Å². The van der Waals surface area contributed by atoms with Crippen LogP contribution in [0.2, 0.25) is 5.15 Å². The van der Waals surface area contributed by atoms with E-state index >= 15 is 0 Å². The Morgan fingerprint density at radius 1 is 1.65 bits per heavy atom. The maximum Gasteiger partial charge on any atom is 0.244 e. The number of carbonyl (C=O) groups is 1. The van der Waals surface area contributed by atoms with Crippen LogP contribution in [-0.2, 0) is 20.9 Å². The minimum absolute atomic E-state index is 0.118. The van der Waals surface area contributed by atoms with E-state index in [9.17, 15) is 4.79 Å². The lowest BCUT2D eigenvalue weighted by molar-refractivity contribution is -0.124. The van der Waals surface area contributed by atoms with E-state index in [2.05, 4.69) is 15.3 Å². The SMILES string of the molecule is CNC(=O)C1COCCN1c1cc(Cl)nc(COC)n1. The highest BCUT2D eigenvalue weighted by Crippen LogP contribution is 2.21. The van der Waals surface area contributed by atoms with E-state index in [-0.39, 0.29) is 12.5 Å². The van der Waals surface area contributed by atoms with Crippen molar-refractivity contribution in [3.63, 3.8) is 0 Å². The van der Waals surface area contributed by atoms with Crippen molar-refractivity contribution < 1.29 is 14.3 Å². The van der Waals surface area contributed by atoms with Crippen LogP contribution in [0.25, 0.3) is 0 Å². The van der Waals surface area contributed by atoms with Gasteiger partial charge >= 0.3 is 0 Å². The topological polar surface area (TPSA) is 76.6 Å². The molecule has 7 nitrogen and oxygen atoms in total. The van der Waals surface area contributed by atoms with Gasteiger partial charge in [0.1, 0.15) is 23.6 Å². The summed E-state index contributed by atoms with van der Waals surface area (Å²) in [6.45, 7) is 1.69. The Labute approximate surface area is 122 Å². The van der Waals surface area contributed by atoms with Gasteiger partial charge in [0.25, 0.3) is 0 Å². The van der Waals surface area contributed by atoms with Crippen molar-refractivity contribution in [2.45, 2.75) is 12.6 Å². The average molecular weight is 301 g/mol. The molecule has 0 spiro atoms. The van der Waals surface area contributed by atoms with Crippen LogP contribution in [0.1, 0.15) is 5.82 Å². The Morgan fingerprint density at radius 3 is 3.15 bits per heavy atom. The first-order chi connectivity index (χ1) is 9.65. The number of methoxy groups -OCH3 is 1. The smallest absolute Gasteiger partial charge is 0.244 e. The Bertz CT molecular complexity index is 486. The zero-order valence-electron chi connectivity index (χ0n) is 11.4. The van der Waals surface area contributed by atoms with E-state index in [1.807, 2.05) is 4.90 Å². The molecule has 2 heterocycles. The fourth-order valence-electron chi connectivity index (χ4n) is 2.05. The van der Waals surface area contributed by atoms with Crippen LogP contribution in [0.4, 0.5) is 5.82 Å². The van der Waals surface area contributed by atoms with Crippen LogP contribution in [0.3, 0.4) is 0 Å². The van der Waals surface area contributed by atoms with Crippen molar-refractivity contribution in [1.82, 2.24) is 15.3 Å². The number of ether oxygens (including phenoxy) is 2. The quantitative estimate of drug-likeness (QED) is 0.802. The zero-order valence-corrected chi connectivity index (χ0v) is 12.2. The lowest BCUT2D eigenvalue weighted by Gasteiger charge is -2.35. The molecule has 1 amide bonds. The number of anilines is 1. The van der Waals surface area contributed by atoms with Crippen LogP contribution in [0, 0.1) is 0 Å². The predicted molar refractivity (Wildman–Crippen MR) is 73.8 cm³/mol. The number of halogens is 1. The second-order valence-electron chi connectivity index (χ2n) is 4.30. The fraction of sp³-hybridized carbons (Fsp3) is 0.583. The molecule has 1 atom stereocenters. The number of hydrogen-bond acceptors (Lipinski definition) is 6. The number of rotatable bonds is 4. The van der Waals surface area contributed by atoms with E-state index in [4.69, 9.17) is 21.1 Å². The molecule has 0 aromatic carbocycles. The maximum atomic E-state index is 11.9. The molecule has 20 heavy (non-hydrogen) atoms. The van der Waals surface area contributed by atoms with Gasteiger partial charge in [-0.05, 0) is 0 Å². The van der Waals surface area contributed by atoms with Crippen LogP contribution in [0.15, 0.2) is 6.07 Å². The summed E-state index contributed by atoms with van der Waals surface area (Å²) in [6.07, 6.45) is 0. The molecule has 1 N–H and O–H groups in total. The molecule has 1 aromatic heterocycles. The first-order valence-electron chi connectivity index (χ1n) is 6.24. The minimum Gasteiger partial charge on any atom is -0.377 e. The van der Waals surface area contributed by atoms with Gasteiger partial charge < -0.3 is 19.7 Å². The molecule has 0 saturated carbocycles. The third-order valence-corrected chi connectivity index (χ3v) is 3.17. The Morgan fingerprint density at radius 2 is 2.45 bits per heavy atom. The summed E-state index contributed by atoms with van der Waals surface area (Å²) in [7, 11) is 3.16. The molecule has 1 aliphatic heterocycles. The van der Waals surface area contributed by atoms with Crippen molar-refractivity contribution in [2.75, 3.05) is 38.8 Å². The highest BCUT2D eigenvalue weighted by Gasteiger charge is 2.30. The Hall–Kier alpha value is -1.44. The van der Waals surface area contributed by atoms with E-state index in [1.165, 1.54) is 0 Å². The number of nitrogens with zero attached hydrogens (tertiary/aromatic N) is 3. The van der Waals surface area contributed by atoms with Gasteiger partial charge in [0.15, 0.2) is 5.82 Å². The molecule has 110 valence electrons. The molecule has 1 fully saturated rings. The van der Waals surface area contributed by atoms with E-state index in [1.54, 1.807) is 20.2 Å². The molecule has 1 saturated heterocycles. The van der Waals surface area contributed by atoms with Gasteiger partial charge in [-0.15, -0.1) is 0 Å². The van der Waals surface area contributed by atoms with E-state index in [0.717, 1.165) is 0 Å². The summed E-state index contributed by atoms with van der Waals surface area (Å²) in [6, 6.07) is 1.22. The number of morpholine rings is 1. The maximum absolute atomic E-state index is 11.9. The van der Waals surface area contributed by atoms with Crippen molar-refractivity contribution in [1.29, 1.82) is 0 Å². The van der Waals surface area contributed by atoms with Gasteiger partial charge in [-0.25, -0.2) is 9.97 Å². The van der Waals surface area contributed by atoms with Gasteiger partial charge in [-0.2, -0.15) is 0 Å². The molecule has 0 bridgehead atoms. The second-order valence-corrected chi connectivity index (χ2v) is 4.68. The summed E-state index contributed by atoms with van der Waals surface area (Å²) in [5, 5.41) is 2.95. The summed E-state index contributed by atoms with van der Waals surface area (Å²) >= 11 is 6.00.